The molecule has 0 bridgehead atoms. The largest absolute Gasteiger partial charge is 0.466 e. The fourth-order valence-corrected chi connectivity index (χ4v) is 5.29. The molecule has 0 aliphatic rings. The molecule has 1 aromatic rings. The van der Waals surface area contributed by atoms with Gasteiger partial charge in [0.2, 0.25) is 0 Å². The summed E-state index contributed by atoms with van der Waals surface area (Å²) in [6, 6.07) is 8.05. The maximum absolute atomic E-state index is 13.6. The van der Waals surface area contributed by atoms with Gasteiger partial charge in [-0.1, -0.05) is 72.2 Å². The van der Waals surface area contributed by atoms with E-state index in [9.17, 15) is 9.59 Å². The zero-order valence-corrected chi connectivity index (χ0v) is 27.7. The van der Waals surface area contributed by atoms with Gasteiger partial charge in [0, 0.05) is 6.61 Å². The van der Waals surface area contributed by atoms with E-state index in [1.54, 1.807) is 0 Å². The minimum absolute atomic E-state index is 0.00127. The van der Waals surface area contributed by atoms with Crippen molar-refractivity contribution in [3.8, 4) is 0 Å². The molecular weight excluding hydrogens is 492 g/mol. The molecule has 0 fully saturated rings. The molecule has 218 valence electrons. The van der Waals surface area contributed by atoms with Crippen molar-refractivity contribution < 1.29 is 23.5 Å². The quantitative estimate of drug-likeness (QED) is 0.183. The molecule has 0 aromatic heterocycles. The summed E-state index contributed by atoms with van der Waals surface area (Å²) in [4.78, 5) is 25.8. The van der Waals surface area contributed by atoms with Gasteiger partial charge >= 0.3 is 11.9 Å². The first-order chi connectivity index (χ1) is 17.1. The minimum Gasteiger partial charge on any atom is -0.466 e. The molecule has 0 spiro atoms. The summed E-state index contributed by atoms with van der Waals surface area (Å²) in [5, 5.41) is 0.175. The number of rotatable bonds is 13. The lowest BCUT2D eigenvalue weighted by Crippen LogP contribution is -2.43. The molecule has 2 unspecified atom stereocenters. The Bertz CT molecular complexity index is 923. The minimum atomic E-state index is -1.83. The van der Waals surface area contributed by atoms with Crippen LogP contribution in [0.2, 0.25) is 18.1 Å². The van der Waals surface area contributed by atoms with E-state index in [2.05, 4.69) is 53.8 Å². The van der Waals surface area contributed by atoms with Crippen LogP contribution in [-0.2, 0) is 35.3 Å². The van der Waals surface area contributed by atoms with Crippen LogP contribution in [0.5, 0.6) is 0 Å². The highest BCUT2D eigenvalue weighted by Crippen LogP contribution is 2.39. The Morgan fingerprint density at radius 3 is 2.08 bits per heavy atom. The van der Waals surface area contributed by atoms with Crippen LogP contribution in [0.1, 0.15) is 107 Å². The van der Waals surface area contributed by atoms with Crippen LogP contribution in [0.25, 0.3) is 0 Å². The lowest BCUT2D eigenvalue weighted by atomic mass is 9.75. The molecule has 0 heterocycles. The topological polar surface area (TPSA) is 61.8 Å². The van der Waals surface area contributed by atoms with Gasteiger partial charge < -0.3 is 13.9 Å². The lowest BCUT2D eigenvalue weighted by Gasteiger charge is -2.39. The second-order valence-electron chi connectivity index (χ2n) is 14.5. The maximum atomic E-state index is 13.6. The fourth-order valence-electron chi connectivity index (χ4n) is 4.10. The van der Waals surface area contributed by atoms with E-state index in [4.69, 9.17) is 13.9 Å². The van der Waals surface area contributed by atoms with Crippen molar-refractivity contribution in [3.63, 3.8) is 0 Å². The highest BCUT2D eigenvalue weighted by atomic mass is 28.4. The van der Waals surface area contributed by atoms with E-state index in [-0.39, 0.29) is 28.3 Å². The van der Waals surface area contributed by atoms with E-state index in [0.717, 1.165) is 24.0 Å². The molecule has 0 saturated heterocycles. The van der Waals surface area contributed by atoms with Crippen LogP contribution in [-0.4, -0.2) is 39.1 Å². The van der Waals surface area contributed by atoms with Crippen molar-refractivity contribution in [2.75, 3.05) is 13.2 Å². The Kier molecular flexibility index (Phi) is 11.9. The van der Waals surface area contributed by atoms with Crippen molar-refractivity contribution in [3.05, 3.63) is 35.4 Å². The zero-order chi connectivity index (χ0) is 29.6. The van der Waals surface area contributed by atoms with Crippen molar-refractivity contribution >= 4 is 20.3 Å². The van der Waals surface area contributed by atoms with E-state index in [0.29, 0.717) is 26.1 Å². The molecule has 1 aromatic carbocycles. The molecule has 0 radical (unpaired) electrons. The Morgan fingerprint density at radius 1 is 0.947 bits per heavy atom. The third-order valence-electron chi connectivity index (χ3n) is 7.80. The number of hydrogen-bond acceptors (Lipinski definition) is 5. The Hall–Kier alpha value is -1.66. The smallest absolute Gasteiger partial charge is 0.316 e. The van der Waals surface area contributed by atoms with Crippen LogP contribution >= 0.6 is 0 Å². The molecule has 0 saturated carbocycles. The summed E-state index contributed by atoms with van der Waals surface area (Å²) in [6.07, 6.45) is 3.05. The normalized spacial score (nSPS) is 15.5. The van der Waals surface area contributed by atoms with Crippen molar-refractivity contribution in [1.29, 1.82) is 0 Å². The number of carbonyl (C=O) groups excluding carboxylic acids is 2. The summed E-state index contributed by atoms with van der Waals surface area (Å²) in [7, 11) is -1.83. The fraction of sp³-hybridized carbons (Fsp3) is 0.750. The van der Waals surface area contributed by atoms with Gasteiger partial charge in [-0.3, -0.25) is 9.59 Å². The van der Waals surface area contributed by atoms with E-state index in [1.807, 2.05) is 59.7 Å². The predicted molar refractivity (Wildman–Crippen MR) is 160 cm³/mol. The van der Waals surface area contributed by atoms with E-state index >= 15 is 0 Å². The molecule has 6 heteroatoms. The molecule has 0 aliphatic carbocycles. The van der Waals surface area contributed by atoms with Gasteiger partial charge in [-0.25, -0.2) is 0 Å². The third kappa shape index (κ3) is 10.5. The number of hydrogen-bond donors (Lipinski definition) is 0. The van der Waals surface area contributed by atoms with Gasteiger partial charge in [0.05, 0.1) is 17.9 Å². The molecule has 38 heavy (non-hydrogen) atoms. The Labute approximate surface area is 234 Å². The average Bonchev–Trinajstić information content (AvgIpc) is 2.76. The molecule has 0 amide bonds. The second-order valence-corrected chi connectivity index (χ2v) is 19.3. The first-order valence-corrected chi connectivity index (χ1v) is 17.2. The summed E-state index contributed by atoms with van der Waals surface area (Å²) >= 11 is 0. The van der Waals surface area contributed by atoms with Gasteiger partial charge in [-0.05, 0) is 88.6 Å². The summed E-state index contributed by atoms with van der Waals surface area (Å²) in [5.74, 6) is -0.662. The van der Waals surface area contributed by atoms with Crippen molar-refractivity contribution in [1.82, 2.24) is 0 Å². The van der Waals surface area contributed by atoms with E-state index in [1.165, 1.54) is 0 Å². The SMILES string of the molecule is CCOC(=O)C(C)Cc1cccc(C(C)(CCCC(C)(C)CO[Si](C)(C)C(C)(C)C)C(=O)OC(C)(C)C)c1. The first-order valence-electron chi connectivity index (χ1n) is 14.3. The molecular formula is C32H56O5Si. The Morgan fingerprint density at radius 2 is 1.55 bits per heavy atom. The van der Waals surface area contributed by atoms with Crippen LogP contribution < -0.4 is 0 Å². The molecule has 5 nitrogen and oxygen atoms in total. The lowest BCUT2D eigenvalue weighted by molar-refractivity contribution is -0.162. The third-order valence-corrected chi connectivity index (χ3v) is 12.3. The maximum Gasteiger partial charge on any atom is 0.316 e. The van der Waals surface area contributed by atoms with Gasteiger partial charge in [-0.15, -0.1) is 0 Å². The van der Waals surface area contributed by atoms with Gasteiger partial charge in [0.25, 0.3) is 0 Å². The van der Waals surface area contributed by atoms with Crippen molar-refractivity contribution in [2.45, 2.75) is 131 Å². The molecule has 1 rings (SSSR count). The van der Waals surface area contributed by atoms with Crippen LogP contribution in [0.4, 0.5) is 0 Å². The highest BCUT2D eigenvalue weighted by molar-refractivity contribution is 6.74. The standard InChI is InChI=1S/C32H56O5Si/c1-14-35-27(33)24(2)21-25-17-15-18-26(22-25)32(11,28(34)37-29(3,4)5)20-16-19-31(9,10)23-36-38(12,13)30(6,7)8/h15,17-18,22,24H,14,16,19-21,23H2,1-13H3. The first kappa shape index (κ1) is 34.4. The number of carbonyl (C=O) groups is 2. The Balaban J connectivity index is 3.12. The predicted octanol–water partition coefficient (Wildman–Crippen LogP) is 8.25. The highest BCUT2D eigenvalue weighted by Gasteiger charge is 2.40. The molecule has 0 aliphatic heterocycles. The summed E-state index contributed by atoms with van der Waals surface area (Å²) in [5.41, 5.74) is 0.565. The summed E-state index contributed by atoms with van der Waals surface area (Å²) < 4.78 is 17.7. The molecule has 0 N–H and O–H groups in total. The molecule has 2 atom stereocenters. The van der Waals surface area contributed by atoms with Gasteiger partial charge in [0.15, 0.2) is 8.32 Å². The number of esters is 2. The number of benzene rings is 1. The van der Waals surface area contributed by atoms with Crippen LogP contribution in [0.3, 0.4) is 0 Å². The number of ether oxygens (including phenoxy) is 2. The average molecular weight is 549 g/mol. The van der Waals surface area contributed by atoms with Gasteiger partial charge in [-0.2, -0.15) is 0 Å². The van der Waals surface area contributed by atoms with Crippen molar-refractivity contribution in [2.24, 2.45) is 11.3 Å². The van der Waals surface area contributed by atoms with Gasteiger partial charge in [0.1, 0.15) is 5.60 Å². The van der Waals surface area contributed by atoms with E-state index < -0.39 is 19.3 Å². The summed E-state index contributed by atoms with van der Waals surface area (Å²) in [6.45, 7) is 28.4. The van der Waals surface area contributed by atoms with Crippen LogP contribution in [0.15, 0.2) is 24.3 Å². The monoisotopic (exact) mass is 548 g/mol. The van der Waals surface area contributed by atoms with Crippen LogP contribution in [0, 0.1) is 11.3 Å². The second kappa shape index (κ2) is 13.1. The zero-order valence-electron chi connectivity index (χ0n) is 26.7.